The predicted octanol–water partition coefficient (Wildman–Crippen LogP) is 4.37. The molecule has 0 saturated carbocycles. The molecule has 28 heavy (non-hydrogen) atoms. The molecule has 1 amide bonds. The second-order valence-corrected chi connectivity index (χ2v) is 8.19. The van der Waals surface area contributed by atoms with E-state index in [1.807, 2.05) is 36.4 Å². The lowest BCUT2D eigenvalue weighted by Gasteiger charge is -2.43. The molecule has 2 bridgehead atoms. The number of hydrogen-bond donors (Lipinski definition) is 1. The molecule has 2 atom stereocenters. The maximum absolute atomic E-state index is 14.4. The summed E-state index contributed by atoms with van der Waals surface area (Å²) in [6, 6.07) is 14.8. The first-order valence-electron chi connectivity index (χ1n) is 9.90. The number of halogens is 1. The van der Waals surface area contributed by atoms with Crippen molar-refractivity contribution in [1.29, 1.82) is 0 Å². The highest BCUT2D eigenvalue weighted by molar-refractivity contribution is 5.69. The van der Waals surface area contributed by atoms with E-state index in [2.05, 4.69) is 0 Å². The zero-order valence-electron chi connectivity index (χ0n) is 16.1. The third kappa shape index (κ3) is 3.76. The molecule has 2 aliphatic heterocycles. The van der Waals surface area contributed by atoms with Gasteiger partial charge in [-0.05, 0) is 49.3 Å². The number of aliphatic hydroxyl groups is 1. The lowest BCUT2D eigenvalue weighted by atomic mass is 9.81. The fourth-order valence-corrected chi connectivity index (χ4v) is 4.76. The maximum atomic E-state index is 14.4. The van der Waals surface area contributed by atoms with Gasteiger partial charge in [0.05, 0.1) is 5.60 Å². The van der Waals surface area contributed by atoms with Crippen LogP contribution < -0.4 is 0 Å². The highest BCUT2D eigenvalue weighted by Crippen LogP contribution is 2.43. The second-order valence-electron chi connectivity index (χ2n) is 8.19. The third-order valence-corrected chi connectivity index (χ3v) is 6.06. The van der Waals surface area contributed by atoms with Crippen molar-refractivity contribution in [2.24, 2.45) is 0 Å². The molecule has 0 aromatic heterocycles. The van der Waals surface area contributed by atoms with Crippen LogP contribution in [0.3, 0.4) is 0 Å². The first-order chi connectivity index (χ1) is 13.5. The summed E-state index contributed by atoms with van der Waals surface area (Å²) < 4.78 is 19.9. The fourth-order valence-electron chi connectivity index (χ4n) is 4.76. The van der Waals surface area contributed by atoms with E-state index < -0.39 is 5.60 Å². The third-order valence-electron chi connectivity index (χ3n) is 6.06. The highest BCUT2D eigenvalue weighted by atomic mass is 19.1. The van der Waals surface area contributed by atoms with Crippen LogP contribution in [0.4, 0.5) is 9.18 Å². The Morgan fingerprint density at radius 3 is 2.50 bits per heavy atom. The van der Waals surface area contributed by atoms with Crippen molar-refractivity contribution in [3.8, 4) is 0 Å². The van der Waals surface area contributed by atoms with Crippen LogP contribution in [0.5, 0.6) is 0 Å². The summed E-state index contributed by atoms with van der Waals surface area (Å²) in [6.07, 6.45) is 2.57. The van der Waals surface area contributed by atoms with E-state index >= 15 is 0 Å². The summed E-state index contributed by atoms with van der Waals surface area (Å²) in [5.74, 6) is -0.243. The molecule has 2 fully saturated rings. The van der Waals surface area contributed by atoms with Crippen LogP contribution >= 0.6 is 0 Å². The van der Waals surface area contributed by atoms with Crippen molar-refractivity contribution < 1.29 is 19.0 Å². The van der Waals surface area contributed by atoms with Gasteiger partial charge >= 0.3 is 6.09 Å². The quantitative estimate of drug-likeness (QED) is 0.853. The number of nitrogens with zero attached hydrogens (tertiary/aromatic N) is 1. The van der Waals surface area contributed by atoms with Gasteiger partial charge in [0.2, 0.25) is 0 Å². The van der Waals surface area contributed by atoms with Gasteiger partial charge in [-0.3, -0.25) is 0 Å². The predicted molar refractivity (Wildman–Crippen MR) is 104 cm³/mol. The number of fused-ring (bicyclic) bond motifs is 2. The Hall–Kier alpha value is -2.40. The standard InChI is InChI=1S/C23H26FNO3/c1-16-6-5-9-18(21(16)24)12-23(27)13-19-10-11-20(14-23)25(19)22(26)28-15-17-7-3-2-4-8-17/h2-9,19-20,27H,10-15H2,1H3. The molecule has 0 radical (unpaired) electrons. The monoisotopic (exact) mass is 383 g/mol. The van der Waals surface area contributed by atoms with Crippen LogP contribution in [-0.4, -0.2) is 33.8 Å². The molecule has 2 aromatic rings. The molecule has 4 rings (SSSR count). The molecule has 148 valence electrons. The molecule has 1 N–H and O–H groups in total. The first-order valence-corrected chi connectivity index (χ1v) is 9.90. The summed E-state index contributed by atoms with van der Waals surface area (Å²) >= 11 is 0. The van der Waals surface area contributed by atoms with Gasteiger partial charge in [-0.25, -0.2) is 9.18 Å². The van der Waals surface area contributed by atoms with Crippen molar-refractivity contribution in [2.75, 3.05) is 0 Å². The minimum absolute atomic E-state index is 0.0557. The molecule has 5 heteroatoms. The fraction of sp³-hybridized carbons (Fsp3) is 0.435. The van der Waals surface area contributed by atoms with Gasteiger partial charge in [0.1, 0.15) is 12.4 Å². The molecule has 0 spiro atoms. The van der Waals surface area contributed by atoms with Gasteiger partial charge in [-0.2, -0.15) is 0 Å². The van der Waals surface area contributed by atoms with E-state index in [0.29, 0.717) is 24.0 Å². The van der Waals surface area contributed by atoms with Crippen molar-refractivity contribution in [1.82, 2.24) is 4.90 Å². The first kappa shape index (κ1) is 18.9. The summed E-state index contributed by atoms with van der Waals surface area (Å²) in [6.45, 7) is 1.98. The van der Waals surface area contributed by atoms with Crippen LogP contribution in [0.2, 0.25) is 0 Å². The van der Waals surface area contributed by atoms with Gasteiger partial charge < -0.3 is 14.7 Å². The number of carbonyl (C=O) groups excluding carboxylic acids is 1. The molecule has 2 heterocycles. The molecule has 2 unspecified atom stereocenters. The molecule has 2 aromatic carbocycles. The Labute approximate surface area is 164 Å². The number of ether oxygens (including phenoxy) is 1. The minimum Gasteiger partial charge on any atom is -0.445 e. The van der Waals surface area contributed by atoms with Gasteiger partial charge in [-0.1, -0.05) is 48.5 Å². The van der Waals surface area contributed by atoms with Crippen LogP contribution in [0.1, 0.15) is 42.4 Å². The highest BCUT2D eigenvalue weighted by Gasteiger charge is 2.50. The lowest BCUT2D eigenvalue weighted by Crippen LogP contribution is -2.54. The molecule has 0 aliphatic carbocycles. The Balaban J connectivity index is 1.42. The van der Waals surface area contributed by atoms with Gasteiger partial charge in [-0.15, -0.1) is 0 Å². The summed E-state index contributed by atoms with van der Waals surface area (Å²) in [7, 11) is 0. The largest absolute Gasteiger partial charge is 0.445 e. The van der Waals surface area contributed by atoms with Gasteiger partial charge in [0.25, 0.3) is 0 Å². The van der Waals surface area contributed by atoms with E-state index in [9.17, 15) is 14.3 Å². The van der Waals surface area contributed by atoms with Crippen molar-refractivity contribution >= 4 is 6.09 Å². The number of amides is 1. The second kappa shape index (κ2) is 7.55. The Morgan fingerprint density at radius 2 is 1.82 bits per heavy atom. The Kier molecular flexibility index (Phi) is 5.11. The normalized spacial score (nSPS) is 26.3. The SMILES string of the molecule is Cc1cccc(CC2(O)CC3CCC(C2)N3C(=O)OCc2ccccc2)c1F. The maximum Gasteiger partial charge on any atom is 0.410 e. The number of aryl methyl sites for hydroxylation is 1. The molecule has 2 saturated heterocycles. The van der Waals surface area contributed by atoms with Crippen LogP contribution in [0.25, 0.3) is 0 Å². The summed E-state index contributed by atoms with van der Waals surface area (Å²) in [4.78, 5) is 14.5. The number of rotatable bonds is 4. The smallest absolute Gasteiger partial charge is 0.410 e. The van der Waals surface area contributed by atoms with Crippen LogP contribution in [0.15, 0.2) is 48.5 Å². The molecular weight excluding hydrogens is 357 g/mol. The van der Waals surface area contributed by atoms with Crippen molar-refractivity contribution in [3.05, 3.63) is 71.0 Å². The zero-order valence-corrected chi connectivity index (χ0v) is 16.1. The Bertz CT molecular complexity index is 840. The molecule has 2 aliphatic rings. The van der Waals surface area contributed by atoms with Crippen LogP contribution in [0, 0.1) is 12.7 Å². The zero-order chi connectivity index (χ0) is 19.7. The molecule has 4 nitrogen and oxygen atoms in total. The number of hydrogen-bond acceptors (Lipinski definition) is 3. The summed E-state index contributed by atoms with van der Waals surface area (Å²) in [5, 5.41) is 11.2. The van der Waals surface area contributed by atoms with Crippen molar-refractivity contribution in [3.63, 3.8) is 0 Å². The van der Waals surface area contributed by atoms with Crippen molar-refractivity contribution in [2.45, 2.75) is 63.3 Å². The number of piperidine rings is 1. The Morgan fingerprint density at radius 1 is 1.14 bits per heavy atom. The van der Waals surface area contributed by atoms with Crippen LogP contribution in [-0.2, 0) is 17.8 Å². The minimum atomic E-state index is -0.989. The summed E-state index contributed by atoms with van der Waals surface area (Å²) in [5.41, 5.74) is 1.09. The molecular formula is C23H26FNO3. The van der Waals surface area contributed by atoms with E-state index in [-0.39, 0.29) is 37.0 Å². The van der Waals surface area contributed by atoms with Gasteiger partial charge in [0, 0.05) is 18.5 Å². The van der Waals surface area contributed by atoms with Gasteiger partial charge in [0.15, 0.2) is 0 Å². The average Bonchev–Trinajstić information content (AvgIpc) is 2.97. The topological polar surface area (TPSA) is 49.8 Å². The van der Waals surface area contributed by atoms with E-state index in [4.69, 9.17) is 4.74 Å². The average molecular weight is 383 g/mol. The number of benzene rings is 2. The number of carbonyl (C=O) groups is 1. The van der Waals surface area contributed by atoms with E-state index in [1.165, 1.54) is 0 Å². The lowest BCUT2D eigenvalue weighted by molar-refractivity contribution is -0.0489. The van der Waals surface area contributed by atoms with E-state index in [0.717, 1.165) is 18.4 Å². The van der Waals surface area contributed by atoms with E-state index in [1.54, 1.807) is 24.0 Å².